The summed E-state index contributed by atoms with van der Waals surface area (Å²) < 4.78 is 5.20. The molecular weight excluding hydrogens is 150 g/mol. The second-order valence-corrected chi connectivity index (χ2v) is 2.95. The number of hydrogen-bond acceptors (Lipinski definition) is 2. The summed E-state index contributed by atoms with van der Waals surface area (Å²) in [6, 6.07) is 0. The van der Waals surface area contributed by atoms with E-state index in [1.807, 2.05) is 0 Å². The molecule has 0 aliphatic rings. The van der Waals surface area contributed by atoms with Gasteiger partial charge in [0.05, 0.1) is 6.61 Å². The van der Waals surface area contributed by atoms with Gasteiger partial charge in [0, 0.05) is 13.2 Å². The molecule has 0 amide bonds. The van der Waals surface area contributed by atoms with Gasteiger partial charge in [-0.1, -0.05) is 13.8 Å². The van der Waals surface area contributed by atoms with Gasteiger partial charge in [-0.2, -0.15) is 0 Å². The largest absolute Gasteiger partial charge is 0.380 e. The summed E-state index contributed by atoms with van der Waals surface area (Å²) in [4.78, 5) is 2.44. The number of hydrogen-bond donors (Lipinski definition) is 0. The van der Waals surface area contributed by atoms with E-state index in [1.165, 1.54) is 25.9 Å². The Labute approximate surface area is 76.9 Å². The van der Waals surface area contributed by atoms with E-state index in [4.69, 9.17) is 4.74 Å². The summed E-state index contributed by atoms with van der Waals surface area (Å²) in [5, 5.41) is 0. The van der Waals surface area contributed by atoms with Crippen LogP contribution in [0.5, 0.6) is 0 Å². The van der Waals surface area contributed by atoms with Crippen LogP contribution >= 0.6 is 0 Å². The van der Waals surface area contributed by atoms with Gasteiger partial charge in [-0.15, -0.1) is 0 Å². The predicted octanol–water partition coefficient (Wildman–Crippen LogP) is 1.96. The van der Waals surface area contributed by atoms with Crippen molar-refractivity contribution in [1.82, 2.24) is 4.90 Å². The van der Waals surface area contributed by atoms with Crippen molar-refractivity contribution in [3.05, 3.63) is 6.92 Å². The van der Waals surface area contributed by atoms with Crippen molar-refractivity contribution in [2.45, 2.75) is 26.7 Å². The third-order valence-corrected chi connectivity index (χ3v) is 1.78. The Bertz CT molecular complexity index is 79.9. The van der Waals surface area contributed by atoms with Crippen LogP contribution in [0.3, 0.4) is 0 Å². The molecule has 0 aromatic carbocycles. The Kier molecular flexibility index (Phi) is 8.95. The first-order chi connectivity index (χ1) is 5.85. The maximum atomic E-state index is 5.20. The number of ether oxygens (including phenoxy) is 1. The molecule has 0 atom stereocenters. The highest BCUT2D eigenvalue weighted by Crippen LogP contribution is 1.93. The monoisotopic (exact) mass is 172 g/mol. The van der Waals surface area contributed by atoms with Crippen molar-refractivity contribution in [3.63, 3.8) is 0 Å². The third kappa shape index (κ3) is 6.62. The molecule has 2 nitrogen and oxygen atoms in total. The fourth-order valence-corrected chi connectivity index (χ4v) is 1.26. The molecule has 0 aliphatic heterocycles. The van der Waals surface area contributed by atoms with Gasteiger partial charge in [0.2, 0.25) is 0 Å². The summed E-state index contributed by atoms with van der Waals surface area (Å²) in [5.74, 6) is 0. The van der Waals surface area contributed by atoms with Gasteiger partial charge < -0.3 is 9.64 Å². The van der Waals surface area contributed by atoms with Crippen molar-refractivity contribution >= 4 is 0 Å². The highest BCUT2D eigenvalue weighted by Gasteiger charge is 2.00. The zero-order chi connectivity index (χ0) is 9.23. The molecule has 0 fully saturated rings. The molecule has 12 heavy (non-hydrogen) atoms. The molecule has 0 N–H and O–H groups in total. The zero-order valence-corrected chi connectivity index (χ0v) is 8.51. The molecule has 0 unspecified atom stereocenters. The fourth-order valence-electron chi connectivity index (χ4n) is 1.26. The van der Waals surface area contributed by atoms with Gasteiger partial charge in [0.1, 0.15) is 0 Å². The molecule has 0 aromatic heterocycles. The van der Waals surface area contributed by atoms with E-state index in [1.54, 1.807) is 0 Å². The van der Waals surface area contributed by atoms with Gasteiger partial charge in [0.25, 0.3) is 0 Å². The fraction of sp³-hybridized carbons (Fsp3) is 0.900. The Hall–Kier alpha value is -0.0800. The number of rotatable bonds is 8. The van der Waals surface area contributed by atoms with Crippen LogP contribution in [0.2, 0.25) is 0 Å². The lowest BCUT2D eigenvalue weighted by molar-refractivity contribution is 0.123. The predicted molar refractivity (Wildman–Crippen MR) is 53.2 cm³/mol. The Balaban J connectivity index is 3.34. The summed E-state index contributed by atoms with van der Waals surface area (Å²) in [6.07, 6.45) is 2.45. The summed E-state index contributed by atoms with van der Waals surface area (Å²) >= 11 is 0. The molecule has 1 radical (unpaired) electrons. The van der Waals surface area contributed by atoms with Crippen molar-refractivity contribution in [2.75, 3.05) is 32.8 Å². The minimum Gasteiger partial charge on any atom is -0.380 e. The normalized spacial score (nSPS) is 11.0. The maximum absolute atomic E-state index is 5.20. The molecule has 0 aliphatic carbocycles. The lowest BCUT2D eigenvalue weighted by Gasteiger charge is -2.20. The van der Waals surface area contributed by atoms with E-state index >= 15 is 0 Å². The smallest absolute Gasteiger partial charge is 0.0593 e. The molecular formula is C10H22NO. The molecule has 0 bridgehead atoms. The van der Waals surface area contributed by atoms with E-state index in [-0.39, 0.29) is 0 Å². The SMILES string of the molecule is [CH2]COCCN(CCC)CCC. The van der Waals surface area contributed by atoms with Gasteiger partial charge in [-0.3, -0.25) is 0 Å². The van der Waals surface area contributed by atoms with E-state index in [0.29, 0.717) is 6.61 Å². The van der Waals surface area contributed by atoms with E-state index in [9.17, 15) is 0 Å². The Morgan fingerprint density at radius 2 is 1.67 bits per heavy atom. The highest BCUT2D eigenvalue weighted by atomic mass is 16.5. The van der Waals surface area contributed by atoms with Crippen LogP contribution in [0.4, 0.5) is 0 Å². The summed E-state index contributed by atoms with van der Waals surface area (Å²) in [5.41, 5.74) is 0. The van der Waals surface area contributed by atoms with Gasteiger partial charge in [-0.25, -0.2) is 0 Å². The Morgan fingerprint density at radius 1 is 1.08 bits per heavy atom. The molecule has 2 heteroatoms. The quantitative estimate of drug-likeness (QED) is 0.519. The average molecular weight is 172 g/mol. The van der Waals surface area contributed by atoms with Gasteiger partial charge >= 0.3 is 0 Å². The lowest BCUT2D eigenvalue weighted by atomic mass is 10.3. The molecule has 0 saturated heterocycles. The minimum absolute atomic E-state index is 0.589. The first kappa shape index (κ1) is 11.9. The first-order valence-electron chi connectivity index (χ1n) is 4.94. The van der Waals surface area contributed by atoms with Crippen molar-refractivity contribution in [1.29, 1.82) is 0 Å². The van der Waals surface area contributed by atoms with Crippen molar-refractivity contribution in [2.24, 2.45) is 0 Å². The molecule has 0 rings (SSSR count). The topological polar surface area (TPSA) is 12.5 Å². The third-order valence-electron chi connectivity index (χ3n) is 1.78. The van der Waals surface area contributed by atoms with Crippen LogP contribution in [0.15, 0.2) is 0 Å². The number of nitrogens with zero attached hydrogens (tertiary/aromatic N) is 1. The van der Waals surface area contributed by atoms with E-state index in [2.05, 4.69) is 25.7 Å². The molecule has 73 valence electrons. The van der Waals surface area contributed by atoms with Gasteiger partial charge in [0.15, 0.2) is 0 Å². The molecule has 0 aromatic rings. The van der Waals surface area contributed by atoms with Crippen LogP contribution in [0, 0.1) is 6.92 Å². The lowest BCUT2D eigenvalue weighted by Crippen LogP contribution is -2.29. The average Bonchev–Trinajstić information content (AvgIpc) is 2.06. The molecule has 0 heterocycles. The van der Waals surface area contributed by atoms with Gasteiger partial charge in [-0.05, 0) is 32.9 Å². The Morgan fingerprint density at radius 3 is 2.08 bits per heavy atom. The highest BCUT2D eigenvalue weighted by molar-refractivity contribution is 4.55. The van der Waals surface area contributed by atoms with Crippen molar-refractivity contribution < 1.29 is 4.74 Å². The van der Waals surface area contributed by atoms with Crippen LogP contribution in [0.1, 0.15) is 26.7 Å². The second kappa shape index (κ2) is 9.01. The van der Waals surface area contributed by atoms with Crippen LogP contribution in [0.25, 0.3) is 0 Å². The standard InChI is InChI=1S/C10H22NO/c1-4-7-11(8-5-2)9-10-12-6-3/h3-10H2,1-2H3. The minimum atomic E-state index is 0.589. The maximum Gasteiger partial charge on any atom is 0.0593 e. The summed E-state index contributed by atoms with van der Waals surface area (Å²) in [6.45, 7) is 12.9. The van der Waals surface area contributed by atoms with E-state index < -0.39 is 0 Å². The molecule has 0 saturated carbocycles. The van der Waals surface area contributed by atoms with Crippen LogP contribution in [-0.4, -0.2) is 37.7 Å². The summed E-state index contributed by atoms with van der Waals surface area (Å²) in [7, 11) is 0. The second-order valence-electron chi connectivity index (χ2n) is 2.95. The van der Waals surface area contributed by atoms with Crippen molar-refractivity contribution in [3.8, 4) is 0 Å². The zero-order valence-electron chi connectivity index (χ0n) is 8.51. The van der Waals surface area contributed by atoms with E-state index in [0.717, 1.165) is 13.2 Å². The molecule has 0 spiro atoms. The first-order valence-corrected chi connectivity index (χ1v) is 4.94. The van der Waals surface area contributed by atoms with Crippen LogP contribution in [-0.2, 0) is 4.74 Å². The van der Waals surface area contributed by atoms with Crippen LogP contribution < -0.4 is 0 Å².